The number of benzene rings is 2. The van der Waals surface area contributed by atoms with Crippen LogP contribution in [0, 0.1) is 10.6 Å². The van der Waals surface area contributed by atoms with Crippen molar-refractivity contribution in [3.63, 3.8) is 0 Å². The lowest BCUT2D eigenvalue weighted by Crippen LogP contribution is -2.51. The minimum absolute atomic E-state index is 0.107. The van der Waals surface area contributed by atoms with E-state index in [1.807, 2.05) is 39.8 Å². The highest BCUT2D eigenvalue weighted by molar-refractivity contribution is 7.71. The molecule has 2 saturated heterocycles. The van der Waals surface area contributed by atoms with Gasteiger partial charge < -0.3 is 9.64 Å². The molecule has 0 spiro atoms. The monoisotopic (exact) mass is 467 g/mol. The number of ether oxygens (including phenoxy) is 1. The maximum absolute atomic E-state index is 13.5. The fourth-order valence-corrected chi connectivity index (χ4v) is 4.66. The maximum Gasteiger partial charge on any atom is 0.251 e. The Labute approximate surface area is 197 Å². The van der Waals surface area contributed by atoms with Crippen molar-refractivity contribution in [1.29, 1.82) is 0 Å². The molecule has 1 aromatic heterocycles. The molecule has 3 aromatic rings. The van der Waals surface area contributed by atoms with Gasteiger partial charge in [0, 0.05) is 38.3 Å². The molecule has 2 fully saturated rings. The summed E-state index contributed by atoms with van der Waals surface area (Å²) < 4.78 is 23.3. The van der Waals surface area contributed by atoms with Crippen LogP contribution in [0.2, 0.25) is 0 Å². The Balaban J connectivity index is 1.36. The van der Waals surface area contributed by atoms with Gasteiger partial charge in [0.15, 0.2) is 5.82 Å². The smallest absolute Gasteiger partial charge is 0.251 e. The summed E-state index contributed by atoms with van der Waals surface area (Å²) in [6.45, 7) is 4.00. The summed E-state index contributed by atoms with van der Waals surface area (Å²) in [6, 6.07) is 16.1. The number of nitrogens with zero attached hydrogens (tertiary/aromatic N) is 5. The van der Waals surface area contributed by atoms with Gasteiger partial charge in [-0.1, -0.05) is 30.3 Å². The summed E-state index contributed by atoms with van der Waals surface area (Å²) in [5.74, 6) is 0.518. The normalized spacial score (nSPS) is 19.2. The van der Waals surface area contributed by atoms with Crippen LogP contribution in [0.5, 0.6) is 0 Å². The minimum atomic E-state index is -0.297. The van der Waals surface area contributed by atoms with Crippen molar-refractivity contribution >= 4 is 18.1 Å². The molecule has 7 nitrogen and oxygen atoms in total. The van der Waals surface area contributed by atoms with Crippen molar-refractivity contribution in [3.05, 3.63) is 65.2 Å². The molecule has 0 saturated carbocycles. The van der Waals surface area contributed by atoms with E-state index in [1.165, 1.54) is 12.1 Å². The fraction of sp³-hybridized carbons (Fsp3) is 0.375. The molecule has 2 aromatic carbocycles. The SMILES string of the molecule is O=C(C1CCCO1)N1CCN(Cn2nc(-c3ccccc3)n(-c3ccc(F)cc3)c2=S)CC1. The highest BCUT2D eigenvalue weighted by Crippen LogP contribution is 2.23. The summed E-state index contributed by atoms with van der Waals surface area (Å²) in [4.78, 5) is 16.8. The van der Waals surface area contributed by atoms with Crippen LogP contribution in [0.3, 0.4) is 0 Å². The van der Waals surface area contributed by atoms with Gasteiger partial charge in [0.1, 0.15) is 11.9 Å². The number of piperazine rings is 1. The average molecular weight is 468 g/mol. The number of carbonyl (C=O) groups excluding carboxylic acids is 1. The second kappa shape index (κ2) is 9.54. The average Bonchev–Trinajstić information content (AvgIpc) is 3.49. The Kier molecular flexibility index (Phi) is 6.34. The van der Waals surface area contributed by atoms with Gasteiger partial charge >= 0.3 is 0 Å². The predicted molar refractivity (Wildman–Crippen MR) is 125 cm³/mol. The Bertz CT molecular complexity index is 1160. The number of hydrogen-bond donors (Lipinski definition) is 0. The van der Waals surface area contributed by atoms with E-state index in [0.29, 0.717) is 37.0 Å². The van der Waals surface area contributed by atoms with Crippen LogP contribution in [0.1, 0.15) is 12.8 Å². The van der Waals surface area contributed by atoms with E-state index in [4.69, 9.17) is 22.1 Å². The minimum Gasteiger partial charge on any atom is -0.368 e. The number of hydrogen-bond acceptors (Lipinski definition) is 5. The van der Waals surface area contributed by atoms with Crippen molar-refractivity contribution in [3.8, 4) is 17.1 Å². The molecule has 0 aliphatic carbocycles. The topological polar surface area (TPSA) is 55.5 Å². The first kappa shape index (κ1) is 21.9. The number of aromatic nitrogens is 3. The number of carbonyl (C=O) groups is 1. The first-order valence-electron chi connectivity index (χ1n) is 11.2. The zero-order chi connectivity index (χ0) is 22.8. The van der Waals surface area contributed by atoms with Crippen LogP contribution in [0.25, 0.3) is 17.1 Å². The first-order chi connectivity index (χ1) is 16.1. The van der Waals surface area contributed by atoms with Gasteiger partial charge in [-0.05, 0) is 49.3 Å². The van der Waals surface area contributed by atoms with E-state index in [-0.39, 0.29) is 17.8 Å². The molecule has 3 heterocycles. The van der Waals surface area contributed by atoms with Gasteiger partial charge in [-0.2, -0.15) is 0 Å². The van der Waals surface area contributed by atoms with Crippen molar-refractivity contribution < 1.29 is 13.9 Å². The molecule has 2 aliphatic rings. The molecule has 0 N–H and O–H groups in total. The van der Waals surface area contributed by atoms with Crippen molar-refractivity contribution in [2.75, 3.05) is 32.8 Å². The van der Waals surface area contributed by atoms with Gasteiger partial charge in [-0.25, -0.2) is 9.07 Å². The molecule has 9 heteroatoms. The summed E-state index contributed by atoms with van der Waals surface area (Å²) in [7, 11) is 0. The van der Waals surface area contributed by atoms with Gasteiger partial charge in [0.05, 0.1) is 12.4 Å². The molecular formula is C24H26FN5O2S. The maximum atomic E-state index is 13.5. The Morgan fingerprint density at radius 3 is 2.45 bits per heavy atom. The van der Waals surface area contributed by atoms with E-state index in [1.54, 1.807) is 16.8 Å². The Morgan fingerprint density at radius 1 is 1.06 bits per heavy atom. The Morgan fingerprint density at radius 2 is 1.79 bits per heavy atom. The molecule has 1 atom stereocenters. The van der Waals surface area contributed by atoms with E-state index in [0.717, 1.165) is 37.2 Å². The third-order valence-electron chi connectivity index (χ3n) is 6.18. The van der Waals surface area contributed by atoms with Crippen molar-refractivity contribution in [1.82, 2.24) is 24.1 Å². The van der Waals surface area contributed by atoms with Crippen LogP contribution >= 0.6 is 12.2 Å². The molecule has 172 valence electrons. The standard InChI is InChI=1S/C24H26FN5O2S/c25-19-8-10-20(11-9-19)30-22(18-5-2-1-3-6-18)26-29(24(30)33)17-27-12-14-28(15-13-27)23(31)21-7-4-16-32-21/h1-3,5-6,8-11,21H,4,7,12-17H2. The number of rotatable bonds is 5. The number of halogens is 1. The highest BCUT2D eigenvalue weighted by Gasteiger charge is 2.30. The molecule has 5 rings (SSSR count). The van der Waals surface area contributed by atoms with Crippen LogP contribution in [0.15, 0.2) is 54.6 Å². The van der Waals surface area contributed by atoms with Crippen LogP contribution < -0.4 is 0 Å². The zero-order valence-electron chi connectivity index (χ0n) is 18.3. The zero-order valence-corrected chi connectivity index (χ0v) is 19.1. The molecule has 2 aliphatic heterocycles. The van der Waals surface area contributed by atoms with Gasteiger partial charge in [0.25, 0.3) is 5.91 Å². The van der Waals surface area contributed by atoms with E-state index in [2.05, 4.69) is 4.90 Å². The van der Waals surface area contributed by atoms with Gasteiger partial charge in [0.2, 0.25) is 4.77 Å². The first-order valence-corrected chi connectivity index (χ1v) is 11.6. The third kappa shape index (κ3) is 4.62. The fourth-order valence-electron chi connectivity index (χ4n) is 4.37. The second-order valence-corrected chi connectivity index (χ2v) is 8.74. The van der Waals surface area contributed by atoms with Crippen molar-refractivity contribution in [2.45, 2.75) is 25.6 Å². The lowest BCUT2D eigenvalue weighted by atomic mass is 10.2. The Hall–Kier alpha value is -2.88. The van der Waals surface area contributed by atoms with Crippen LogP contribution in [0.4, 0.5) is 4.39 Å². The number of amides is 1. The summed E-state index contributed by atoms with van der Waals surface area (Å²) in [6.07, 6.45) is 1.50. The molecule has 1 unspecified atom stereocenters. The largest absolute Gasteiger partial charge is 0.368 e. The molecular weight excluding hydrogens is 441 g/mol. The quantitative estimate of drug-likeness (QED) is 0.538. The van der Waals surface area contributed by atoms with E-state index in [9.17, 15) is 9.18 Å². The molecule has 0 radical (unpaired) electrons. The lowest BCUT2D eigenvalue weighted by molar-refractivity contribution is -0.142. The molecule has 33 heavy (non-hydrogen) atoms. The summed E-state index contributed by atoms with van der Waals surface area (Å²) in [5, 5.41) is 4.83. The van der Waals surface area contributed by atoms with E-state index < -0.39 is 0 Å². The second-order valence-electron chi connectivity index (χ2n) is 8.37. The summed E-state index contributed by atoms with van der Waals surface area (Å²) in [5.41, 5.74) is 1.69. The van der Waals surface area contributed by atoms with Crippen molar-refractivity contribution in [2.24, 2.45) is 0 Å². The predicted octanol–water partition coefficient (Wildman–Crippen LogP) is 3.49. The van der Waals surface area contributed by atoms with Gasteiger partial charge in [-0.3, -0.25) is 14.3 Å². The van der Waals surface area contributed by atoms with Crippen LogP contribution in [-0.2, 0) is 16.2 Å². The molecule has 0 bridgehead atoms. The summed E-state index contributed by atoms with van der Waals surface area (Å²) >= 11 is 5.80. The van der Waals surface area contributed by atoms with E-state index >= 15 is 0 Å². The lowest BCUT2D eigenvalue weighted by Gasteiger charge is -2.35. The van der Waals surface area contributed by atoms with Crippen LogP contribution in [-0.4, -0.2) is 68.9 Å². The van der Waals surface area contributed by atoms with Gasteiger partial charge in [-0.15, -0.1) is 5.10 Å². The highest BCUT2D eigenvalue weighted by atomic mass is 32.1. The molecule has 1 amide bonds. The third-order valence-corrected chi connectivity index (χ3v) is 6.57.